The first-order chi connectivity index (χ1) is 11.1. The van der Waals surface area contributed by atoms with E-state index in [9.17, 15) is 5.11 Å². The van der Waals surface area contributed by atoms with Gasteiger partial charge in [0.15, 0.2) is 0 Å². The summed E-state index contributed by atoms with van der Waals surface area (Å²) in [4.78, 5) is 17.5. The van der Waals surface area contributed by atoms with Crippen molar-refractivity contribution < 1.29 is 5.11 Å². The molecule has 0 amide bonds. The Morgan fingerprint density at radius 3 is 2.91 bits per heavy atom. The Hall–Kier alpha value is -2.15. The molecule has 124 valence electrons. The molecule has 0 aliphatic carbocycles. The molecule has 0 bridgehead atoms. The number of rotatable bonds is 6. The summed E-state index contributed by atoms with van der Waals surface area (Å²) in [5, 5.41) is 9.67. The van der Waals surface area contributed by atoms with Crippen LogP contribution in [0.15, 0.2) is 24.7 Å². The van der Waals surface area contributed by atoms with Crippen LogP contribution in [0.2, 0.25) is 0 Å². The van der Waals surface area contributed by atoms with Crippen LogP contribution in [0.3, 0.4) is 0 Å². The van der Waals surface area contributed by atoms with E-state index in [1.165, 1.54) is 0 Å². The first-order valence-corrected chi connectivity index (χ1v) is 8.07. The summed E-state index contributed by atoms with van der Waals surface area (Å²) in [6, 6.07) is 1.91. The predicted octanol–water partition coefficient (Wildman–Crippen LogP) is 0.850. The molecule has 2 aromatic rings. The highest BCUT2D eigenvalue weighted by molar-refractivity contribution is 5.44. The van der Waals surface area contributed by atoms with Gasteiger partial charge in [-0.3, -0.25) is 0 Å². The van der Waals surface area contributed by atoms with Gasteiger partial charge in [-0.05, 0) is 18.9 Å². The van der Waals surface area contributed by atoms with Crippen molar-refractivity contribution >= 4 is 11.8 Å². The van der Waals surface area contributed by atoms with Crippen molar-refractivity contribution in [2.75, 3.05) is 36.5 Å². The molecule has 1 atom stereocenters. The van der Waals surface area contributed by atoms with Gasteiger partial charge in [0.05, 0.1) is 6.10 Å². The van der Waals surface area contributed by atoms with Gasteiger partial charge < -0.3 is 19.5 Å². The molecule has 0 spiro atoms. The van der Waals surface area contributed by atoms with Crippen molar-refractivity contribution in [3.05, 3.63) is 30.5 Å². The lowest BCUT2D eigenvalue weighted by atomic mass is 10.3. The molecular formula is C16H24N6O. The molecule has 3 rings (SSSR count). The highest BCUT2D eigenvalue weighted by Crippen LogP contribution is 2.19. The van der Waals surface area contributed by atoms with Crippen LogP contribution in [0, 0.1) is 0 Å². The number of β-amino-alcohol motifs (C(OH)–C–C–N with tert-alkyl or cyclic N) is 1. The van der Waals surface area contributed by atoms with Crippen LogP contribution in [0.5, 0.6) is 0 Å². The van der Waals surface area contributed by atoms with Gasteiger partial charge in [-0.15, -0.1) is 0 Å². The van der Waals surface area contributed by atoms with Gasteiger partial charge in [0.25, 0.3) is 0 Å². The Bertz CT molecular complexity index is 643. The molecule has 0 saturated carbocycles. The molecule has 7 nitrogen and oxygen atoms in total. The van der Waals surface area contributed by atoms with Gasteiger partial charge in [-0.25, -0.2) is 9.97 Å². The van der Waals surface area contributed by atoms with Crippen LogP contribution < -0.4 is 9.80 Å². The minimum atomic E-state index is -0.246. The van der Waals surface area contributed by atoms with Crippen molar-refractivity contribution in [3.8, 4) is 0 Å². The molecule has 1 aliphatic heterocycles. The summed E-state index contributed by atoms with van der Waals surface area (Å²) in [6.45, 7) is 2.37. The molecule has 3 heterocycles. The van der Waals surface area contributed by atoms with Crippen LogP contribution >= 0.6 is 0 Å². The second kappa shape index (κ2) is 6.95. The second-order valence-electron chi connectivity index (χ2n) is 6.08. The lowest BCUT2D eigenvalue weighted by Crippen LogP contribution is -2.25. The Labute approximate surface area is 136 Å². The lowest BCUT2D eigenvalue weighted by molar-refractivity contribution is 0.198. The summed E-state index contributed by atoms with van der Waals surface area (Å²) < 4.78 is 2.05. The van der Waals surface area contributed by atoms with Gasteiger partial charge in [-0.2, -0.15) is 4.98 Å². The van der Waals surface area contributed by atoms with E-state index in [-0.39, 0.29) is 6.10 Å². The molecule has 0 aromatic carbocycles. The number of aliphatic hydroxyl groups excluding tert-OH is 1. The van der Waals surface area contributed by atoms with E-state index in [2.05, 4.69) is 29.3 Å². The van der Waals surface area contributed by atoms with Crippen LogP contribution in [0.1, 0.15) is 18.7 Å². The lowest BCUT2D eigenvalue weighted by Gasteiger charge is -2.21. The number of hydrogen-bond donors (Lipinski definition) is 1. The average Bonchev–Trinajstić information content (AvgIpc) is 3.16. The monoisotopic (exact) mass is 316 g/mol. The average molecular weight is 316 g/mol. The summed E-state index contributed by atoms with van der Waals surface area (Å²) in [5.41, 5.74) is 0. The van der Waals surface area contributed by atoms with Crippen molar-refractivity contribution in [2.24, 2.45) is 7.05 Å². The maximum Gasteiger partial charge on any atom is 0.226 e. The molecule has 1 fully saturated rings. The van der Waals surface area contributed by atoms with E-state index >= 15 is 0 Å². The topological polar surface area (TPSA) is 70.3 Å². The minimum Gasteiger partial charge on any atom is -0.391 e. The van der Waals surface area contributed by atoms with Crippen molar-refractivity contribution in [2.45, 2.75) is 25.4 Å². The fourth-order valence-corrected chi connectivity index (χ4v) is 2.86. The van der Waals surface area contributed by atoms with Crippen LogP contribution in [0.25, 0.3) is 0 Å². The third kappa shape index (κ3) is 3.79. The number of aryl methyl sites for hydroxylation is 2. The fourth-order valence-electron chi connectivity index (χ4n) is 2.86. The zero-order valence-corrected chi connectivity index (χ0v) is 13.8. The maximum absolute atomic E-state index is 9.67. The van der Waals surface area contributed by atoms with Gasteiger partial charge in [0.2, 0.25) is 5.95 Å². The molecule has 0 unspecified atom stereocenters. The fraction of sp³-hybridized carbons (Fsp3) is 0.562. The predicted molar refractivity (Wildman–Crippen MR) is 89.7 cm³/mol. The number of aliphatic hydroxyl groups is 1. The summed E-state index contributed by atoms with van der Waals surface area (Å²) in [5.74, 6) is 2.71. The molecule has 1 N–H and O–H groups in total. The van der Waals surface area contributed by atoms with E-state index in [1.807, 2.05) is 32.6 Å². The summed E-state index contributed by atoms with van der Waals surface area (Å²) in [7, 11) is 4.03. The molecule has 7 heteroatoms. The minimum absolute atomic E-state index is 0.246. The smallest absolute Gasteiger partial charge is 0.226 e. The molecular weight excluding hydrogens is 292 g/mol. The van der Waals surface area contributed by atoms with Gasteiger partial charge in [0, 0.05) is 58.7 Å². The van der Waals surface area contributed by atoms with E-state index < -0.39 is 0 Å². The number of anilines is 2. The Kier molecular flexibility index (Phi) is 4.76. The van der Waals surface area contributed by atoms with Crippen molar-refractivity contribution in [1.29, 1.82) is 0 Å². The first-order valence-electron chi connectivity index (χ1n) is 8.07. The largest absolute Gasteiger partial charge is 0.391 e. The zero-order valence-electron chi connectivity index (χ0n) is 13.8. The number of imidazole rings is 1. The van der Waals surface area contributed by atoms with Crippen LogP contribution in [-0.4, -0.2) is 57.4 Å². The molecule has 1 saturated heterocycles. The van der Waals surface area contributed by atoms with E-state index in [0.717, 1.165) is 49.9 Å². The van der Waals surface area contributed by atoms with Gasteiger partial charge >= 0.3 is 0 Å². The van der Waals surface area contributed by atoms with E-state index in [4.69, 9.17) is 0 Å². The third-order valence-electron chi connectivity index (χ3n) is 4.27. The molecule has 2 aromatic heterocycles. The van der Waals surface area contributed by atoms with Gasteiger partial charge in [0.1, 0.15) is 11.6 Å². The van der Waals surface area contributed by atoms with Gasteiger partial charge in [-0.1, -0.05) is 0 Å². The van der Waals surface area contributed by atoms with Crippen LogP contribution in [-0.2, 0) is 13.5 Å². The van der Waals surface area contributed by atoms with Crippen LogP contribution in [0.4, 0.5) is 11.8 Å². The zero-order chi connectivity index (χ0) is 16.2. The number of aromatic nitrogens is 4. The van der Waals surface area contributed by atoms with E-state index in [1.54, 1.807) is 6.20 Å². The normalized spacial score (nSPS) is 17.7. The van der Waals surface area contributed by atoms with E-state index in [0.29, 0.717) is 6.54 Å². The Balaban J connectivity index is 1.56. The van der Waals surface area contributed by atoms with Crippen molar-refractivity contribution in [1.82, 2.24) is 19.5 Å². The SMILES string of the molecule is CN(CCCc1nccn1C)c1nccc(N2CC[C@H](O)C2)n1. The number of nitrogens with zero attached hydrogens (tertiary/aromatic N) is 6. The molecule has 0 radical (unpaired) electrons. The Morgan fingerprint density at radius 1 is 1.35 bits per heavy atom. The highest BCUT2D eigenvalue weighted by atomic mass is 16.3. The Morgan fingerprint density at radius 2 is 2.22 bits per heavy atom. The summed E-state index contributed by atoms with van der Waals surface area (Å²) in [6.07, 6.45) is 8.08. The number of hydrogen-bond acceptors (Lipinski definition) is 6. The third-order valence-corrected chi connectivity index (χ3v) is 4.27. The molecule has 1 aliphatic rings. The highest BCUT2D eigenvalue weighted by Gasteiger charge is 2.21. The molecule has 23 heavy (non-hydrogen) atoms. The quantitative estimate of drug-likeness (QED) is 0.852. The second-order valence-corrected chi connectivity index (χ2v) is 6.08. The first kappa shape index (κ1) is 15.7. The van der Waals surface area contributed by atoms with Crippen molar-refractivity contribution in [3.63, 3.8) is 0 Å². The standard InChI is InChI=1S/C16H24N6O/c1-20-11-8-17-14(20)4-3-9-21(2)16-18-7-5-15(19-16)22-10-6-13(23)12-22/h5,7-8,11,13,23H,3-4,6,9-10,12H2,1-2H3/t13-/m0/s1. The summed E-state index contributed by atoms with van der Waals surface area (Å²) >= 11 is 0. The maximum atomic E-state index is 9.67.